The number of ether oxygens (including phenoxy) is 2. The van der Waals surface area contributed by atoms with Crippen LogP contribution in [0.3, 0.4) is 0 Å². The number of carbonyl (C=O) groups is 1. The zero-order chi connectivity index (χ0) is 16.7. The van der Waals surface area contributed by atoms with Crippen LogP contribution < -0.4 is 14.8 Å². The van der Waals surface area contributed by atoms with Gasteiger partial charge in [0.2, 0.25) is 5.88 Å². The van der Waals surface area contributed by atoms with Gasteiger partial charge in [-0.25, -0.2) is 4.98 Å². The lowest BCUT2D eigenvalue weighted by Gasteiger charge is -2.12. The number of nitrogens with one attached hydrogen (secondary N) is 1. The monoisotopic (exact) mass is 322 g/mol. The maximum Gasteiger partial charge on any atom is 0.387 e. The van der Waals surface area contributed by atoms with Gasteiger partial charge in [0.25, 0.3) is 5.91 Å². The number of amides is 1. The van der Waals surface area contributed by atoms with E-state index in [2.05, 4.69) is 15.0 Å². The number of benzene rings is 1. The zero-order valence-corrected chi connectivity index (χ0v) is 12.5. The molecule has 0 bridgehead atoms. The second-order valence-electron chi connectivity index (χ2n) is 4.46. The Hall–Kier alpha value is -2.70. The Balaban J connectivity index is 2.09. The number of rotatable bonds is 7. The van der Waals surface area contributed by atoms with Gasteiger partial charge in [-0.3, -0.25) is 4.79 Å². The van der Waals surface area contributed by atoms with Gasteiger partial charge in [-0.15, -0.1) is 0 Å². The normalized spacial score (nSPS) is 10.4. The molecule has 0 saturated heterocycles. The second-order valence-corrected chi connectivity index (χ2v) is 4.46. The molecule has 1 heterocycles. The summed E-state index contributed by atoms with van der Waals surface area (Å²) in [7, 11) is 0. The minimum Gasteiger partial charge on any atom is -0.478 e. The standard InChI is InChI=1S/C16H16F2N2O3/c1-2-22-15-11(6-5-9-19-15)10-20-14(21)12-7-3-4-8-13(12)23-16(17)18/h3-9,16H,2,10H2,1H3,(H,20,21). The number of halogens is 2. The van der Waals surface area contributed by atoms with Gasteiger partial charge in [0.1, 0.15) is 5.75 Å². The molecule has 7 heteroatoms. The number of para-hydroxylation sites is 1. The first-order valence-corrected chi connectivity index (χ1v) is 7.00. The van der Waals surface area contributed by atoms with Crippen LogP contribution in [0.5, 0.6) is 11.6 Å². The third-order valence-electron chi connectivity index (χ3n) is 2.92. The molecule has 0 spiro atoms. The maximum atomic E-state index is 12.4. The highest BCUT2D eigenvalue weighted by Gasteiger charge is 2.15. The lowest BCUT2D eigenvalue weighted by molar-refractivity contribution is -0.0501. The minimum absolute atomic E-state index is 0.0367. The SMILES string of the molecule is CCOc1ncccc1CNC(=O)c1ccccc1OC(F)F. The summed E-state index contributed by atoms with van der Waals surface area (Å²) in [6, 6.07) is 9.31. The van der Waals surface area contributed by atoms with Crippen LogP contribution in [0.2, 0.25) is 0 Å². The van der Waals surface area contributed by atoms with Crippen molar-refractivity contribution >= 4 is 5.91 Å². The number of aromatic nitrogens is 1. The van der Waals surface area contributed by atoms with E-state index in [4.69, 9.17) is 4.74 Å². The summed E-state index contributed by atoms with van der Waals surface area (Å²) in [4.78, 5) is 16.3. The molecule has 2 rings (SSSR count). The van der Waals surface area contributed by atoms with E-state index >= 15 is 0 Å². The molecule has 0 aliphatic carbocycles. The van der Waals surface area contributed by atoms with E-state index in [9.17, 15) is 13.6 Å². The largest absolute Gasteiger partial charge is 0.478 e. The molecule has 23 heavy (non-hydrogen) atoms. The van der Waals surface area contributed by atoms with Gasteiger partial charge in [0.15, 0.2) is 0 Å². The fourth-order valence-corrected chi connectivity index (χ4v) is 1.95. The summed E-state index contributed by atoms with van der Waals surface area (Å²) >= 11 is 0. The molecule has 0 atom stereocenters. The van der Waals surface area contributed by atoms with E-state index in [0.29, 0.717) is 18.1 Å². The predicted octanol–water partition coefficient (Wildman–Crippen LogP) is 3.01. The topological polar surface area (TPSA) is 60.5 Å². The van der Waals surface area contributed by atoms with Crippen molar-refractivity contribution in [3.05, 3.63) is 53.7 Å². The van der Waals surface area contributed by atoms with Crippen LogP contribution in [-0.2, 0) is 6.54 Å². The number of alkyl halides is 2. The van der Waals surface area contributed by atoms with Crippen molar-refractivity contribution in [1.29, 1.82) is 0 Å². The van der Waals surface area contributed by atoms with Crippen LogP contribution in [0.1, 0.15) is 22.8 Å². The molecular formula is C16H16F2N2O3. The summed E-state index contributed by atoms with van der Waals surface area (Å²) in [6.07, 6.45) is 1.59. The van der Waals surface area contributed by atoms with Crippen molar-refractivity contribution in [2.45, 2.75) is 20.1 Å². The number of hydrogen-bond donors (Lipinski definition) is 1. The van der Waals surface area contributed by atoms with Crippen LogP contribution in [0, 0.1) is 0 Å². The number of carbonyl (C=O) groups excluding carboxylic acids is 1. The van der Waals surface area contributed by atoms with Crippen LogP contribution >= 0.6 is 0 Å². The van der Waals surface area contributed by atoms with Crippen LogP contribution in [0.25, 0.3) is 0 Å². The summed E-state index contributed by atoms with van der Waals surface area (Å²) in [5.41, 5.74) is 0.726. The molecule has 0 saturated carbocycles. The molecule has 1 aromatic heterocycles. The Bertz CT molecular complexity index is 665. The molecule has 1 aromatic carbocycles. The highest BCUT2D eigenvalue weighted by atomic mass is 19.3. The van der Waals surface area contributed by atoms with Crippen molar-refractivity contribution in [2.75, 3.05) is 6.61 Å². The van der Waals surface area contributed by atoms with Crippen LogP contribution in [-0.4, -0.2) is 24.1 Å². The van der Waals surface area contributed by atoms with Gasteiger partial charge in [0, 0.05) is 18.3 Å². The van der Waals surface area contributed by atoms with E-state index in [1.165, 1.54) is 18.2 Å². The highest BCUT2D eigenvalue weighted by Crippen LogP contribution is 2.20. The molecule has 0 radical (unpaired) electrons. The third kappa shape index (κ3) is 4.64. The Morgan fingerprint density at radius 3 is 2.78 bits per heavy atom. The zero-order valence-electron chi connectivity index (χ0n) is 12.5. The first-order chi connectivity index (χ1) is 11.1. The van der Waals surface area contributed by atoms with Gasteiger partial charge < -0.3 is 14.8 Å². The summed E-state index contributed by atoms with van der Waals surface area (Å²) in [6.45, 7) is -0.560. The van der Waals surface area contributed by atoms with Gasteiger partial charge in [0.05, 0.1) is 12.2 Å². The van der Waals surface area contributed by atoms with E-state index in [1.54, 1.807) is 24.4 Å². The van der Waals surface area contributed by atoms with E-state index in [1.807, 2.05) is 6.92 Å². The minimum atomic E-state index is -2.99. The van der Waals surface area contributed by atoms with E-state index < -0.39 is 12.5 Å². The smallest absolute Gasteiger partial charge is 0.387 e. The van der Waals surface area contributed by atoms with Gasteiger partial charge in [-0.05, 0) is 25.1 Å². The van der Waals surface area contributed by atoms with Crippen LogP contribution in [0.15, 0.2) is 42.6 Å². The molecule has 1 N–H and O–H groups in total. The Morgan fingerprint density at radius 2 is 2.04 bits per heavy atom. The molecule has 122 valence electrons. The summed E-state index contributed by atoms with van der Waals surface area (Å²) < 4.78 is 34.5. The molecule has 0 fully saturated rings. The van der Waals surface area contributed by atoms with Crippen molar-refractivity contribution in [1.82, 2.24) is 10.3 Å². The van der Waals surface area contributed by atoms with Crippen molar-refractivity contribution in [2.24, 2.45) is 0 Å². The number of nitrogens with zero attached hydrogens (tertiary/aromatic N) is 1. The molecule has 2 aromatic rings. The van der Waals surface area contributed by atoms with E-state index in [0.717, 1.165) is 0 Å². The highest BCUT2D eigenvalue weighted by molar-refractivity contribution is 5.96. The van der Waals surface area contributed by atoms with Crippen LogP contribution in [0.4, 0.5) is 8.78 Å². The van der Waals surface area contributed by atoms with Gasteiger partial charge in [-0.1, -0.05) is 18.2 Å². The quantitative estimate of drug-likeness (QED) is 0.851. The third-order valence-corrected chi connectivity index (χ3v) is 2.92. The van der Waals surface area contributed by atoms with Crippen molar-refractivity contribution in [3.63, 3.8) is 0 Å². The first kappa shape index (κ1) is 16.7. The Morgan fingerprint density at radius 1 is 1.26 bits per heavy atom. The van der Waals surface area contributed by atoms with Crippen molar-refractivity contribution < 1.29 is 23.0 Å². The summed E-state index contributed by atoms with van der Waals surface area (Å²) in [5, 5.41) is 2.64. The molecule has 0 unspecified atom stereocenters. The molecular weight excluding hydrogens is 306 g/mol. The summed E-state index contributed by atoms with van der Waals surface area (Å²) in [5.74, 6) is -0.267. The second kappa shape index (κ2) is 8.07. The Labute approximate surface area is 132 Å². The van der Waals surface area contributed by atoms with E-state index in [-0.39, 0.29) is 17.9 Å². The number of pyridine rings is 1. The van der Waals surface area contributed by atoms with Crippen molar-refractivity contribution in [3.8, 4) is 11.6 Å². The molecule has 5 nitrogen and oxygen atoms in total. The van der Waals surface area contributed by atoms with Gasteiger partial charge in [-0.2, -0.15) is 8.78 Å². The first-order valence-electron chi connectivity index (χ1n) is 7.00. The lowest BCUT2D eigenvalue weighted by Crippen LogP contribution is -2.24. The molecule has 1 amide bonds. The fraction of sp³-hybridized carbons (Fsp3) is 0.250. The fourth-order valence-electron chi connectivity index (χ4n) is 1.95. The lowest BCUT2D eigenvalue weighted by atomic mass is 10.2. The predicted molar refractivity (Wildman–Crippen MR) is 79.7 cm³/mol. The average molecular weight is 322 g/mol. The molecule has 0 aliphatic heterocycles. The maximum absolute atomic E-state index is 12.4. The Kier molecular flexibility index (Phi) is 5.85. The average Bonchev–Trinajstić information content (AvgIpc) is 2.54. The van der Waals surface area contributed by atoms with Gasteiger partial charge >= 0.3 is 6.61 Å². The molecule has 0 aliphatic rings. The number of hydrogen-bond acceptors (Lipinski definition) is 4.